The van der Waals surface area contributed by atoms with E-state index in [2.05, 4.69) is 5.10 Å². The lowest BCUT2D eigenvalue weighted by molar-refractivity contribution is 0.375. The van der Waals surface area contributed by atoms with Crippen molar-refractivity contribution in [2.45, 2.75) is 19.4 Å². The number of sulfonamides is 1. The van der Waals surface area contributed by atoms with Gasteiger partial charge in [0.2, 0.25) is 10.0 Å². The van der Waals surface area contributed by atoms with Crippen molar-refractivity contribution < 1.29 is 13.2 Å². The molecule has 0 bridgehead atoms. The van der Waals surface area contributed by atoms with Gasteiger partial charge >= 0.3 is 0 Å². The summed E-state index contributed by atoms with van der Waals surface area (Å²) >= 11 is 0. The molecule has 5 nitrogen and oxygen atoms in total. The maximum atomic E-state index is 12.2. The van der Waals surface area contributed by atoms with Gasteiger partial charge in [0.1, 0.15) is 5.75 Å². The van der Waals surface area contributed by atoms with Crippen molar-refractivity contribution in [1.29, 1.82) is 0 Å². The molecule has 24 heavy (non-hydrogen) atoms. The first-order valence-electron chi connectivity index (χ1n) is 7.66. The van der Waals surface area contributed by atoms with Crippen LogP contribution >= 0.6 is 0 Å². The molecule has 0 aromatic heterocycles. The van der Waals surface area contributed by atoms with Crippen LogP contribution in [-0.4, -0.2) is 31.9 Å². The zero-order valence-electron chi connectivity index (χ0n) is 13.9. The van der Waals surface area contributed by atoms with E-state index in [4.69, 9.17) is 4.74 Å². The molecule has 0 unspecified atom stereocenters. The molecule has 0 aliphatic carbocycles. The van der Waals surface area contributed by atoms with E-state index in [-0.39, 0.29) is 6.04 Å². The number of hydrogen-bond donors (Lipinski definition) is 0. The van der Waals surface area contributed by atoms with E-state index in [9.17, 15) is 8.42 Å². The monoisotopic (exact) mass is 344 g/mol. The van der Waals surface area contributed by atoms with Crippen LogP contribution in [0.15, 0.2) is 53.6 Å². The second-order valence-corrected chi connectivity index (χ2v) is 7.78. The van der Waals surface area contributed by atoms with Gasteiger partial charge in [-0.1, -0.05) is 29.8 Å². The van der Waals surface area contributed by atoms with Gasteiger partial charge in [-0.3, -0.25) is 0 Å². The lowest BCUT2D eigenvalue weighted by atomic mass is 9.98. The fourth-order valence-electron chi connectivity index (χ4n) is 2.79. The summed E-state index contributed by atoms with van der Waals surface area (Å²) < 4.78 is 30.7. The first-order chi connectivity index (χ1) is 11.4. The van der Waals surface area contributed by atoms with E-state index in [0.29, 0.717) is 6.42 Å². The minimum atomic E-state index is -3.44. The Morgan fingerprint density at radius 3 is 2.25 bits per heavy atom. The molecule has 0 saturated carbocycles. The van der Waals surface area contributed by atoms with Gasteiger partial charge in [-0.25, -0.2) is 8.42 Å². The summed E-state index contributed by atoms with van der Waals surface area (Å²) in [6.07, 6.45) is 1.73. The molecule has 0 radical (unpaired) electrons. The van der Waals surface area contributed by atoms with Crippen molar-refractivity contribution in [3.63, 3.8) is 0 Å². The van der Waals surface area contributed by atoms with Crippen molar-refractivity contribution in [3.8, 4) is 5.75 Å². The lowest BCUT2D eigenvalue weighted by Crippen LogP contribution is -2.25. The average molecular weight is 344 g/mol. The van der Waals surface area contributed by atoms with E-state index < -0.39 is 10.0 Å². The van der Waals surface area contributed by atoms with E-state index in [1.54, 1.807) is 7.11 Å². The molecule has 3 rings (SSSR count). The van der Waals surface area contributed by atoms with Gasteiger partial charge < -0.3 is 4.74 Å². The number of hydrogen-bond acceptors (Lipinski definition) is 4. The van der Waals surface area contributed by atoms with E-state index in [0.717, 1.165) is 28.2 Å². The summed E-state index contributed by atoms with van der Waals surface area (Å²) in [5.74, 6) is 0.757. The van der Waals surface area contributed by atoms with Crippen LogP contribution in [0, 0.1) is 6.92 Å². The molecule has 0 amide bonds. The Bertz CT molecular complexity index is 856. The number of nitrogens with zero attached hydrogens (tertiary/aromatic N) is 2. The summed E-state index contributed by atoms with van der Waals surface area (Å²) in [7, 11) is -1.83. The van der Waals surface area contributed by atoms with E-state index >= 15 is 0 Å². The number of rotatable bonds is 4. The van der Waals surface area contributed by atoms with Gasteiger partial charge in [-0.15, -0.1) is 0 Å². The van der Waals surface area contributed by atoms with Gasteiger partial charge in [0.15, 0.2) is 0 Å². The predicted molar refractivity (Wildman–Crippen MR) is 94.8 cm³/mol. The Morgan fingerprint density at radius 1 is 1.08 bits per heavy atom. The molecule has 1 aliphatic heterocycles. The van der Waals surface area contributed by atoms with Crippen molar-refractivity contribution >= 4 is 15.7 Å². The summed E-state index contributed by atoms with van der Waals surface area (Å²) in [5, 5.41) is 4.39. The number of hydrazone groups is 1. The summed E-state index contributed by atoms with van der Waals surface area (Å²) in [6.45, 7) is 2.01. The van der Waals surface area contributed by atoms with Crippen molar-refractivity contribution in [2.24, 2.45) is 5.10 Å². The van der Waals surface area contributed by atoms with Crippen LogP contribution < -0.4 is 4.74 Å². The van der Waals surface area contributed by atoms with Gasteiger partial charge in [-0.2, -0.15) is 9.52 Å². The SMILES string of the molecule is COc1ccc(C2=NN(S(C)(=O)=O)[C@@H](c3ccc(C)cc3)C2)cc1. The van der Waals surface area contributed by atoms with Crippen molar-refractivity contribution in [2.75, 3.05) is 13.4 Å². The third-order valence-corrected chi connectivity index (χ3v) is 5.11. The predicted octanol–water partition coefficient (Wildman–Crippen LogP) is 3.11. The molecule has 1 atom stereocenters. The zero-order chi connectivity index (χ0) is 17.3. The molecule has 1 heterocycles. The minimum absolute atomic E-state index is 0.308. The van der Waals surface area contributed by atoms with E-state index in [1.807, 2.05) is 55.5 Å². The van der Waals surface area contributed by atoms with Gasteiger partial charge in [0, 0.05) is 6.42 Å². The maximum absolute atomic E-state index is 12.2. The van der Waals surface area contributed by atoms with Gasteiger partial charge in [-0.05, 0) is 42.3 Å². The topological polar surface area (TPSA) is 59.0 Å². The largest absolute Gasteiger partial charge is 0.497 e. The maximum Gasteiger partial charge on any atom is 0.247 e. The summed E-state index contributed by atoms with van der Waals surface area (Å²) in [4.78, 5) is 0. The highest BCUT2D eigenvalue weighted by Crippen LogP contribution is 2.34. The Hall–Kier alpha value is -2.34. The lowest BCUT2D eigenvalue weighted by Gasteiger charge is -2.21. The first-order valence-corrected chi connectivity index (χ1v) is 9.51. The molecule has 1 aliphatic rings. The molecular weight excluding hydrogens is 324 g/mol. The molecular formula is C18H20N2O3S. The second-order valence-electron chi connectivity index (χ2n) is 5.94. The normalized spacial score (nSPS) is 17.7. The highest BCUT2D eigenvalue weighted by molar-refractivity contribution is 7.88. The molecule has 0 N–H and O–H groups in total. The summed E-state index contributed by atoms with van der Waals surface area (Å²) in [5.41, 5.74) is 3.74. The number of ether oxygens (including phenoxy) is 1. The standard InChI is InChI=1S/C18H20N2O3S/c1-13-4-6-15(7-5-13)18-12-17(19-20(18)24(3,21)22)14-8-10-16(23-2)11-9-14/h4-11,18H,12H2,1-3H3/t18-/m1/s1. The van der Waals surface area contributed by atoms with Crippen LogP contribution in [0.3, 0.4) is 0 Å². The zero-order valence-corrected chi connectivity index (χ0v) is 14.7. The number of methoxy groups -OCH3 is 1. The molecule has 126 valence electrons. The highest BCUT2D eigenvalue weighted by Gasteiger charge is 2.34. The first kappa shape index (κ1) is 16.5. The smallest absolute Gasteiger partial charge is 0.247 e. The average Bonchev–Trinajstić information content (AvgIpc) is 3.01. The quantitative estimate of drug-likeness (QED) is 0.856. The third-order valence-electron chi connectivity index (χ3n) is 4.10. The fraction of sp³-hybridized carbons (Fsp3) is 0.278. The second kappa shape index (κ2) is 6.28. The Morgan fingerprint density at radius 2 is 1.71 bits per heavy atom. The highest BCUT2D eigenvalue weighted by atomic mass is 32.2. The van der Waals surface area contributed by atoms with Crippen LogP contribution in [0.2, 0.25) is 0 Å². The van der Waals surface area contributed by atoms with Crippen LogP contribution in [0.1, 0.15) is 29.2 Å². The summed E-state index contributed by atoms with van der Waals surface area (Å²) in [6, 6.07) is 15.1. The Labute approximate surface area is 142 Å². The molecule has 6 heteroatoms. The Kier molecular flexibility index (Phi) is 4.32. The molecule has 0 saturated heterocycles. The van der Waals surface area contributed by atoms with Gasteiger partial charge in [0.05, 0.1) is 25.1 Å². The number of benzene rings is 2. The van der Waals surface area contributed by atoms with Crippen LogP contribution in [0.25, 0.3) is 0 Å². The molecule has 2 aromatic rings. The van der Waals surface area contributed by atoms with Crippen LogP contribution in [0.4, 0.5) is 0 Å². The number of aryl methyl sites for hydroxylation is 1. The van der Waals surface area contributed by atoms with Crippen LogP contribution in [0.5, 0.6) is 5.75 Å². The minimum Gasteiger partial charge on any atom is -0.497 e. The third kappa shape index (κ3) is 3.28. The fourth-order valence-corrected chi connectivity index (χ4v) is 3.69. The molecule has 0 spiro atoms. The molecule has 2 aromatic carbocycles. The van der Waals surface area contributed by atoms with E-state index in [1.165, 1.54) is 10.7 Å². The van der Waals surface area contributed by atoms with Crippen molar-refractivity contribution in [3.05, 3.63) is 65.2 Å². The Balaban J connectivity index is 1.96. The van der Waals surface area contributed by atoms with Crippen molar-refractivity contribution in [1.82, 2.24) is 4.41 Å². The van der Waals surface area contributed by atoms with Crippen LogP contribution in [-0.2, 0) is 10.0 Å². The van der Waals surface area contributed by atoms with Gasteiger partial charge in [0.25, 0.3) is 0 Å². The molecule has 0 fully saturated rings.